The number of rotatable bonds is 1. The number of aromatic nitrogens is 1. The van der Waals surface area contributed by atoms with Gasteiger partial charge in [-0.2, -0.15) is 4.72 Å². The Labute approximate surface area is 116 Å². The number of aryl methyl sites for hydroxylation is 1. The molecule has 0 bridgehead atoms. The third-order valence-electron chi connectivity index (χ3n) is 3.48. The number of nitrogens with zero attached hydrogens (tertiary/aromatic N) is 1. The lowest BCUT2D eigenvalue weighted by Crippen LogP contribution is -2.60. The van der Waals surface area contributed by atoms with E-state index in [0.717, 1.165) is 0 Å². The van der Waals surface area contributed by atoms with Gasteiger partial charge in [0.1, 0.15) is 10.6 Å². The summed E-state index contributed by atoms with van der Waals surface area (Å²) in [5.41, 5.74) is -0.159. The fraction of sp³-hybridized carbons (Fsp3) is 0.417. The summed E-state index contributed by atoms with van der Waals surface area (Å²) in [6, 6.07) is 0. The first-order valence-electron chi connectivity index (χ1n) is 5.97. The molecular formula is C12H14N2O5S. The topological polar surface area (TPSA) is 86.6 Å². The second-order valence-electron chi connectivity index (χ2n) is 4.95. The molecule has 1 aromatic heterocycles. The highest BCUT2D eigenvalue weighted by Gasteiger charge is 2.43. The van der Waals surface area contributed by atoms with E-state index >= 15 is 0 Å². The van der Waals surface area contributed by atoms with E-state index in [-0.39, 0.29) is 23.8 Å². The number of esters is 1. The largest absolute Gasteiger partial charge is 0.464 e. The van der Waals surface area contributed by atoms with E-state index in [2.05, 4.69) is 4.72 Å². The zero-order valence-corrected chi connectivity index (χ0v) is 11.9. The zero-order valence-electron chi connectivity index (χ0n) is 11.0. The maximum absolute atomic E-state index is 12.4. The molecule has 0 aromatic carbocycles. The van der Waals surface area contributed by atoms with Crippen molar-refractivity contribution in [1.82, 2.24) is 9.29 Å². The van der Waals surface area contributed by atoms with Crippen LogP contribution in [0.15, 0.2) is 17.2 Å². The Hall–Kier alpha value is -1.64. The number of ether oxygens (including phenoxy) is 2. The second kappa shape index (κ2) is 4.18. The highest BCUT2D eigenvalue weighted by Crippen LogP contribution is 2.32. The van der Waals surface area contributed by atoms with Crippen molar-refractivity contribution in [3.8, 4) is 0 Å². The first-order chi connectivity index (χ1) is 9.38. The number of carbonyl (C=O) groups is 1. The molecule has 2 aliphatic rings. The van der Waals surface area contributed by atoms with Gasteiger partial charge in [-0.05, 0) is 0 Å². The lowest BCUT2D eigenvalue weighted by molar-refractivity contribution is -0.0359. The molecule has 7 nitrogen and oxygen atoms in total. The van der Waals surface area contributed by atoms with E-state index in [0.29, 0.717) is 5.56 Å². The monoisotopic (exact) mass is 298 g/mol. The quantitative estimate of drug-likeness (QED) is 0.731. The molecule has 1 saturated heterocycles. The average molecular weight is 298 g/mol. The summed E-state index contributed by atoms with van der Waals surface area (Å²) in [4.78, 5) is 11.9. The highest BCUT2D eigenvalue weighted by atomic mass is 32.2. The van der Waals surface area contributed by atoms with E-state index in [4.69, 9.17) is 9.47 Å². The number of hydrogen-bond donors (Lipinski definition) is 1. The Balaban J connectivity index is 2.21. The van der Waals surface area contributed by atoms with Crippen LogP contribution < -0.4 is 4.72 Å². The van der Waals surface area contributed by atoms with Crippen LogP contribution in [0.2, 0.25) is 0 Å². The number of nitrogens with one attached hydrogen (secondary N) is 1. The minimum Gasteiger partial charge on any atom is -0.464 e. The SMILES string of the molecule is COC(=O)c1c2c(cn1C)S(=O)(=O)NC1(C=C2)COC1. The predicted octanol–water partition coefficient (Wildman–Crippen LogP) is -0.114. The number of fused-ring (bicyclic) bond motifs is 1. The van der Waals surface area contributed by atoms with Crippen LogP contribution in [0.5, 0.6) is 0 Å². The Morgan fingerprint density at radius 1 is 1.50 bits per heavy atom. The van der Waals surface area contributed by atoms with Gasteiger partial charge in [0.2, 0.25) is 10.0 Å². The number of carbonyl (C=O) groups excluding carboxylic acids is 1. The van der Waals surface area contributed by atoms with Gasteiger partial charge in [-0.15, -0.1) is 0 Å². The number of sulfonamides is 1. The smallest absolute Gasteiger partial charge is 0.355 e. The molecule has 0 unspecified atom stereocenters. The number of hydrogen-bond acceptors (Lipinski definition) is 5. The Bertz CT molecular complexity index is 712. The molecule has 3 heterocycles. The fourth-order valence-electron chi connectivity index (χ4n) is 2.42. The molecule has 0 aliphatic carbocycles. The zero-order chi connectivity index (χ0) is 14.5. The van der Waals surface area contributed by atoms with Crippen LogP contribution in [0.1, 0.15) is 16.1 Å². The van der Waals surface area contributed by atoms with E-state index in [1.54, 1.807) is 19.2 Å². The third-order valence-corrected chi connectivity index (χ3v) is 5.06. The predicted molar refractivity (Wildman–Crippen MR) is 69.7 cm³/mol. The van der Waals surface area contributed by atoms with Crippen molar-refractivity contribution in [2.45, 2.75) is 10.4 Å². The van der Waals surface area contributed by atoms with Gasteiger partial charge in [0.15, 0.2) is 0 Å². The van der Waals surface area contributed by atoms with Crippen molar-refractivity contribution in [3.63, 3.8) is 0 Å². The normalized spacial score (nSPS) is 21.9. The summed E-state index contributed by atoms with van der Waals surface area (Å²) < 4.78 is 38.7. The molecule has 8 heteroatoms. The van der Waals surface area contributed by atoms with Crippen LogP contribution in [-0.2, 0) is 26.5 Å². The van der Waals surface area contributed by atoms with Gasteiger partial charge >= 0.3 is 5.97 Å². The highest BCUT2D eigenvalue weighted by molar-refractivity contribution is 7.89. The van der Waals surface area contributed by atoms with Crippen molar-refractivity contribution in [2.75, 3.05) is 20.3 Å². The summed E-state index contributed by atoms with van der Waals surface area (Å²) in [5, 5.41) is 0. The molecule has 1 N–H and O–H groups in total. The lowest BCUT2D eigenvalue weighted by atomic mass is 9.97. The van der Waals surface area contributed by atoms with Crippen LogP contribution in [-0.4, -0.2) is 44.8 Å². The molecular weight excluding hydrogens is 284 g/mol. The standard InChI is InChI=1S/C12H14N2O5S/c1-14-5-9-8(10(14)11(15)18-2)3-4-12(6-19-7-12)13-20(9,16)17/h3-5,13H,6-7H2,1-2H3. The van der Waals surface area contributed by atoms with Crippen LogP contribution in [0.25, 0.3) is 6.08 Å². The van der Waals surface area contributed by atoms with Crippen LogP contribution in [0.4, 0.5) is 0 Å². The van der Waals surface area contributed by atoms with Crippen molar-refractivity contribution >= 4 is 22.1 Å². The van der Waals surface area contributed by atoms with Crippen LogP contribution in [0, 0.1) is 0 Å². The molecule has 1 fully saturated rings. The van der Waals surface area contributed by atoms with Crippen molar-refractivity contribution in [1.29, 1.82) is 0 Å². The molecule has 2 aliphatic heterocycles. The molecule has 108 valence electrons. The first kappa shape index (κ1) is 13.3. The van der Waals surface area contributed by atoms with Crippen molar-refractivity contribution in [3.05, 3.63) is 23.5 Å². The minimum atomic E-state index is -3.71. The van der Waals surface area contributed by atoms with Crippen LogP contribution >= 0.6 is 0 Å². The van der Waals surface area contributed by atoms with Gasteiger partial charge in [-0.25, -0.2) is 13.2 Å². The summed E-state index contributed by atoms with van der Waals surface area (Å²) in [7, 11) is -0.848. The van der Waals surface area contributed by atoms with Gasteiger partial charge in [0.05, 0.1) is 25.9 Å². The maximum atomic E-state index is 12.4. The fourth-order valence-corrected chi connectivity index (χ4v) is 4.00. The lowest BCUT2D eigenvalue weighted by Gasteiger charge is -2.38. The summed E-state index contributed by atoms with van der Waals surface area (Å²) in [6.45, 7) is 0.569. The molecule has 3 rings (SSSR count). The van der Waals surface area contributed by atoms with E-state index in [9.17, 15) is 13.2 Å². The molecule has 0 amide bonds. The number of methoxy groups -OCH3 is 1. The van der Waals surface area contributed by atoms with E-state index < -0.39 is 21.5 Å². The molecule has 0 radical (unpaired) electrons. The maximum Gasteiger partial charge on any atom is 0.355 e. The average Bonchev–Trinajstić information content (AvgIpc) is 2.63. The molecule has 20 heavy (non-hydrogen) atoms. The summed E-state index contributed by atoms with van der Waals surface area (Å²) >= 11 is 0. The third kappa shape index (κ3) is 1.80. The summed E-state index contributed by atoms with van der Waals surface area (Å²) in [5.74, 6) is -0.575. The van der Waals surface area contributed by atoms with E-state index in [1.165, 1.54) is 17.9 Å². The molecule has 1 aromatic rings. The Kier molecular flexibility index (Phi) is 2.79. The van der Waals surface area contributed by atoms with Crippen molar-refractivity contribution < 1.29 is 22.7 Å². The van der Waals surface area contributed by atoms with E-state index in [1.807, 2.05) is 0 Å². The van der Waals surface area contributed by atoms with Gasteiger partial charge < -0.3 is 14.0 Å². The molecule has 1 spiro atoms. The van der Waals surface area contributed by atoms with Gasteiger partial charge in [-0.1, -0.05) is 12.2 Å². The van der Waals surface area contributed by atoms with Gasteiger partial charge in [0.25, 0.3) is 0 Å². The first-order valence-corrected chi connectivity index (χ1v) is 7.45. The molecule has 0 atom stereocenters. The Morgan fingerprint density at radius 2 is 2.20 bits per heavy atom. The Morgan fingerprint density at radius 3 is 2.75 bits per heavy atom. The molecule has 0 saturated carbocycles. The minimum absolute atomic E-state index is 0.0698. The van der Waals surface area contributed by atoms with Gasteiger partial charge in [0, 0.05) is 18.8 Å². The van der Waals surface area contributed by atoms with Gasteiger partial charge in [-0.3, -0.25) is 0 Å². The second-order valence-corrected chi connectivity index (χ2v) is 6.60. The van der Waals surface area contributed by atoms with Crippen molar-refractivity contribution in [2.24, 2.45) is 7.05 Å². The summed E-state index contributed by atoms with van der Waals surface area (Å²) in [6.07, 6.45) is 4.78. The van der Waals surface area contributed by atoms with Crippen LogP contribution in [0.3, 0.4) is 0 Å².